The van der Waals surface area contributed by atoms with Gasteiger partial charge in [-0.25, -0.2) is 9.78 Å². The molecule has 1 aromatic carbocycles. The van der Waals surface area contributed by atoms with Gasteiger partial charge in [0.05, 0.1) is 11.6 Å². The van der Waals surface area contributed by atoms with Crippen molar-refractivity contribution in [3.8, 4) is 11.3 Å². The first kappa shape index (κ1) is 13.1. The average Bonchev–Trinajstić information content (AvgIpc) is 2.78. The molecule has 18 heavy (non-hydrogen) atoms. The summed E-state index contributed by atoms with van der Waals surface area (Å²) in [5.41, 5.74) is 0.724. The number of rotatable bonds is 3. The fourth-order valence-corrected chi connectivity index (χ4v) is 2.21. The van der Waals surface area contributed by atoms with E-state index in [4.69, 9.17) is 20.8 Å². The Bertz CT molecular complexity index is 582. The Labute approximate surface area is 117 Å². The van der Waals surface area contributed by atoms with E-state index in [9.17, 15) is 4.79 Å². The Hall–Kier alpha value is -1.33. The number of halogens is 2. The van der Waals surface area contributed by atoms with E-state index >= 15 is 0 Å². The number of carbonyl (C=O) groups excluding carboxylic acids is 1. The molecule has 6 heteroatoms. The topological polar surface area (TPSA) is 52.3 Å². The number of hydrogen-bond acceptors (Lipinski definition) is 4. The molecule has 0 fully saturated rings. The van der Waals surface area contributed by atoms with Crippen LogP contribution >= 0.6 is 27.5 Å². The first-order valence-corrected chi connectivity index (χ1v) is 6.36. The number of aromatic nitrogens is 1. The Morgan fingerprint density at radius 1 is 1.56 bits per heavy atom. The second kappa shape index (κ2) is 5.54. The van der Waals surface area contributed by atoms with Crippen LogP contribution in [0.2, 0.25) is 5.02 Å². The Morgan fingerprint density at radius 2 is 2.33 bits per heavy atom. The second-order valence-electron chi connectivity index (χ2n) is 3.37. The van der Waals surface area contributed by atoms with Crippen LogP contribution < -0.4 is 0 Å². The van der Waals surface area contributed by atoms with Crippen LogP contribution in [0.3, 0.4) is 0 Å². The molecule has 0 bridgehead atoms. The van der Waals surface area contributed by atoms with Crippen LogP contribution in [0.5, 0.6) is 0 Å². The molecule has 94 valence electrons. The highest BCUT2D eigenvalue weighted by Crippen LogP contribution is 2.32. The Balaban J connectivity index is 2.45. The number of esters is 1. The quantitative estimate of drug-likeness (QED) is 0.800. The number of carbonyl (C=O) groups is 1. The van der Waals surface area contributed by atoms with Gasteiger partial charge in [-0.15, -0.1) is 0 Å². The van der Waals surface area contributed by atoms with Crippen LogP contribution in [0.15, 0.2) is 33.5 Å². The highest BCUT2D eigenvalue weighted by atomic mass is 79.9. The minimum absolute atomic E-state index is 0.126. The molecule has 0 spiro atoms. The maximum Gasteiger partial charge on any atom is 0.360 e. The Kier molecular flexibility index (Phi) is 4.04. The van der Waals surface area contributed by atoms with Crippen molar-refractivity contribution < 1.29 is 13.9 Å². The summed E-state index contributed by atoms with van der Waals surface area (Å²) in [6.07, 6.45) is 1.19. The molecule has 0 aliphatic rings. The van der Waals surface area contributed by atoms with E-state index in [2.05, 4.69) is 20.9 Å². The Morgan fingerprint density at radius 3 is 3.00 bits per heavy atom. The van der Waals surface area contributed by atoms with Gasteiger partial charge < -0.3 is 9.15 Å². The van der Waals surface area contributed by atoms with Crippen molar-refractivity contribution in [3.05, 3.63) is 39.8 Å². The van der Waals surface area contributed by atoms with Crippen LogP contribution in [0.25, 0.3) is 11.3 Å². The van der Waals surface area contributed by atoms with Gasteiger partial charge in [-0.1, -0.05) is 27.5 Å². The van der Waals surface area contributed by atoms with Gasteiger partial charge in [0.15, 0.2) is 17.8 Å². The first-order valence-electron chi connectivity index (χ1n) is 5.19. The van der Waals surface area contributed by atoms with E-state index in [-0.39, 0.29) is 12.3 Å². The number of hydrogen-bond donors (Lipinski definition) is 0. The maximum atomic E-state index is 11.7. The maximum absolute atomic E-state index is 11.7. The average molecular weight is 331 g/mol. The van der Waals surface area contributed by atoms with Gasteiger partial charge in [0.2, 0.25) is 0 Å². The highest BCUT2D eigenvalue weighted by Gasteiger charge is 2.21. The van der Waals surface area contributed by atoms with Gasteiger partial charge in [0.1, 0.15) is 0 Å². The van der Waals surface area contributed by atoms with Crippen molar-refractivity contribution in [2.24, 2.45) is 0 Å². The van der Waals surface area contributed by atoms with E-state index in [0.29, 0.717) is 16.3 Å². The summed E-state index contributed by atoms with van der Waals surface area (Å²) in [5, 5.41) is 0.465. The van der Waals surface area contributed by atoms with Crippen molar-refractivity contribution in [3.63, 3.8) is 0 Å². The van der Waals surface area contributed by atoms with Gasteiger partial charge in [0.25, 0.3) is 0 Å². The molecule has 0 aliphatic carbocycles. The zero-order valence-corrected chi connectivity index (χ0v) is 11.8. The lowest BCUT2D eigenvalue weighted by Crippen LogP contribution is -2.06. The van der Waals surface area contributed by atoms with E-state index in [1.807, 2.05) is 0 Å². The third kappa shape index (κ3) is 2.57. The summed E-state index contributed by atoms with van der Waals surface area (Å²) < 4.78 is 11.0. The third-order valence-corrected chi connectivity index (χ3v) is 3.02. The van der Waals surface area contributed by atoms with Crippen LogP contribution in [0.1, 0.15) is 17.4 Å². The number of nitrogens with zero attached hydrogens (tertiary/aromatic N) is 1. The molecule has 0 aliphatic heterocycles. The van der Waals surface area contributed by atoms with E-state index < -0.39 is 5.97 Å². The normalized spacial score (nSPS) is 10.4. The standard InChI is InChI=1S/C12H9BrClNO3/c1-2-17-12(16)10-11(18-6-15-10)8-4-3-7(13)5-9(8)14/h3-6H,2H2,1H3. The molecule has 0 saturated carbocycles. The van der Waals surface area contributed by atoms with Crippen molar-refractivity contribution in [1.29, 1.82) is 0 Å². The second-order valence-corrected chi connectivity index (χ2v) is 4.70. The lowest BCUT2D eigenvalue weighted by Gasteiger charge is -2.04. The van der Waals surface area contributed by atoms with Crippen molar-refractivity contribution in [2.75, 3.05) is 6.61 Å². The summed E-state index contributed by atoms with van der Waals surface area (Å²) in [5.74, 6) is -0.216. The van der Waals surface area contributed by atoms with Crippen LogP contribution in [-0.2, 0) is 4.74 Å². The third-order valence-electron chi connectivity index (χ3n) is 2.21. The van der Waals surface area contributed by atoms with E-state index in [1.165, 1.54) is 6.39 Å². The molecular weight excluding hydrogens is 321 g/mol. The van der Waals surface area contributed by atoms with Crippen LogP contribution in [0.4, 0.5) is 0 Å². The molecule has 0 radical (unpaired) electrons. The summed E-state index contributed by atoms with van der Waals surface area (Å²) in [6, 6.07) is 5.27. The van der Waals surface area contributed by atoms with Gasteiger partial charge >= 0.3 is 5.97 Å². The van der Waals surface area contributed by atoms with Crippen LogP contribution in [0, 0.1) is 0 Å². The molecular formula is C12H9BrClNO3. The summed E-state index contributed by atoms with van der Waals surface area (Å²) >= 11 is 9.41. The largest absolute Gasteiger partial charge is 0.461 e. The molecule has 0 atom stereocenters. The molecule has 0 N–H and O–H groups in total. The molecule has 0 unspecified atom stereocenters. The highest BCUT2D eigenvalue weighted by molar-refractivity contribution is 9.10. The SMILES string of the molecule is CCOC(=O)c1ncoc1-c1ccc(Br)cc1Cl. The van der Waals surface area contributed by atoms with Crippen molar-refractivity contribution >= 4 is 33.5 Å². The van der Waals surface area contributed by atoms with Gasteiger partial charge in [-0.05, 0) is 25.1 Å². The zero-order valence-electron chi connectivity index (χ0n) is 9.44. The number of ether oxygens (including phenoxy) is 1. The predicted molar refractivity (Wildman–Crippen MR) is 70.6 cm³/mol. The van der Waals surface area contributed by atoms with E-state index in [0.717, 1.165) is 4.47 Å². The lowest BCUT2D eigenvalue weighted by atomic mass is 10.1. The predicted octanol–water partition coefficient (Wildman–Crippen LogP) is 3.93. The van der Waals surface area contributed by atoms with Crippen LogP contribution in [-0.4, -0.2) is 17.6 Å². The first-order chi connectivity index (χ1) is 8.63. The van der Waals surface area contributed by atoms with Crippen molar-refractivity contribution in [2.45, 2.75) is 6.92 Å². The van der Waals surface area contributed by atoms with Crippen molar-refractivity contribution in [1.82, 2.24) is 4.98 Å². The molecule has 2 aromatic rings. The van der Waals surface area contributed by atoms with E-state index in [1.54, 1.807) is 25.1 Å². The van der Waals surface area contributed by atoms with Gasteiger partial charge in [-0.2, -0.15) is 0 Å². The smallest absolute Gasteiger partial charge is 0.360 e. The zero-order chi connectivity index (χ0) is 13.1. The minimum Gasteiger partial charge on any atom is -0.461 e. The lowest BCUT2D eigenvalue weighted by molar-refractivity contribution is 0.0520. The minimum atomic E-state index is -0.528. The van der Waals surface area contributed by atoms with Gasteiger partial charge in [0, 0.05) is 10.0 Å². The molecule has 2 rings (SSSR count). The molecule has 0 saturated heterocycles. The fraction of sp³-hybridized carbons (Fsp3) is 0.167. The number of benzene rings is 1. The molecule has 0 amide bonds. The summed E-state index contributed by atoms with van der Waals surface area (Å²) in [6.45, 7) is 2.00. The van der Waals surface area contributed by atoms with Gasteiger partial charge in [-0.3, -0.25) is 0 Å². The molecule has 1 heterocycles. The monoisotopic (exact) mass is 329 g/mol. The molecule has 1 aromatic heterocycles. The summed E-state index contributed by atoms with van der Waals surface area (Å²) in [4.78, 5) is 15.5. The summed E-state index contributed by atoms with van der Waals surface area (Å²) in [7, 11) is 0. The fourth-order valence-electron chi connectivity index (χ4n) is 1.46. The molecule has 4 nitrogen and oxygen atoms in total. The number of oxazole rings is 1.